The summed E-state index contributed by atoms with van der Waals surface area (Å²) in [5.41, 5.74) is 4.69. The highest BCUT2D eigenvalue weighted by atomic mass is 16.1. The number of aryl methyl sites for hydroxylation is 2. The maximum Gasteiger partial charge on any atom is 0.221 e. The lowest BCUT2D eigenvalue weighted by Gasteiger charge is -2.19. The Morgan fingerprint density at radius 1 is 1.29 bits per heavy atom. The highest BCUT2D eigenvalue weighted by molar-refractivity contribution is 5.91. The first-order valence-corrected chi connectivity index (χ1v) is 6.14. The Morgan fingerprint density at radius 2 is 2.00 bits per heavy atom. The summed E-state index contributed by atoms with van der Waals surface area (Å²) in [5.74, 6) is 0.457. The number of benzene rings is 1. The highest BCUT2D eigenvalue weighted by Gasteiger charge is 2.19. The van der Waals surface area contributed by atoms with Crippen molar-refractivity contribution in [1.29, 1.82) is 0 Å². The molecule has 0 saturated heterocycles. The van der Waals surface area contributed by atoms with Crippen molar-refractivity contribution in [2.75, 3.05) is 5.32 Å². The number of anilines is 1. The van der Waals surface area contributed by atoms with Gasteiger partial charge < -0.3 is 5.32 Å². The lowest BCUT2D eigenvalue weighted by Crippen LogP contribution is -2.12. The SMILES string of the molecule is CC(=O)Nc1c(C)ccc(C)c1C1C=CCC1. The largest absolute Gasteiger partial charge is 0.326 e. The van der Waals surface area contributed by atoms with Gasteiger partial charge in [-0.2, -0.15) is 0 Å². The maximum absolute atomic E-state index is 11.3. The first-order chi connectivity index (χ1) is 8.09. The normalized spacial score (nSPS) is 18.4. The standard InChI is InChI=1S/C15H19NO/c1-10-8-9-11(2)15(16-12(3)17)14(10)13-6-4-5-7-13/h4,6,8-9,13H,5,7H2,1-3H3,(H,16,17). The van der Waals surface area contributed by atoms with E-state index in [4.69, 9.17) is 0 Å². The van der Waals surface area contributed by atoms with Crippen LogP contribution in [0.2, 0.25) is 0 Å². The van der Waals surface area contributed by atoms with Crippen LogP contribution < -0.4 is 5.32 Å². The number of carbonyl (C=O) groups excluding carboxylic acids is 1. The minimum Gasteiger partial charge on any atom is -0.326 e. The number of hydrogen-bond donors (Lipinski definition) is 1. The number of hydrogen-bond acceptors (Lipinski definition) is 1. The fraction of sp³-hybridized carbons (Fsp3) is 0.400. The van der Waals surface area contributed by atoms with E-state index in [9.17, 15) is 4.79 Å². The van der Waals surface area contributed by atoms with Crippen LogP contribution in [0.4, 0.5) is 5.69 Å². The molecule has 2 nitrogen and oxygen atoms in total. The fourth-order valence-corrected chi connectivity index (χ4v) is 2.53. The molecule has 2 heteroatoms. The summed E-state index contributed by atoms with van der Waals surface area (Å²) in [6.07, 6.45) is 6.77. The number of nitrogens with one attached hydrogen (secondary N) is 1. The van der Waals surface area contributed by atoms with Crippen molar-refractivity contribution in [1.82, 2.24) is 0 Å². The van der Waals surface area contributed by atoms with Gasteiger partial charge in [0.2, 0.25) is 5.91 Å². The summed E-state index contributed by atoms with van der Waals surface area (Å²) in [6, 6.07) is 4.21. The van der Waals surface area contributed by atoms with E-state index in [1.165, 1.54) is 11.1 Å². The third-order valence-corrected chi connectivity index (χ3v) is 3.36. The zero-order valence-electron chi connectivity index (χ0n) is 10.7. The van der Waals surface area contributed by atoms with E-state index in [0.717, 1.165) is 24.1 Å². The molecule has 90 valence electrons. The summed E-state index contributed by atoms with van der Waals surface area (Å²) in [5, 5.41) is 2.99. The maximum atomic E-state index is 11.3. The Bertz CT molecular complexity index is 474. The van der Waals surface area contributed by atoms with Crippen molar-refractivity contribution >= 4 is 11.6 Å². The van der Waals surface area contributed by atoms with Gasteiger partial charge in [-0.3, -0.25) is 4.79 Å². The van der Waals surface area contributed by atoms with Gasteiger partial charge >= 0.3 is 0 Å². The third kappa shape index (κ3) is 2.41. The summed E-state index contributed by atoms with van der Waals surface area (Å²) in [4.78, 5) is 11.3. The van der Waals surface area contributed by atoms with Crippen LogP contribution in [0, 0.1) is 13.8 Å². The topological polar surface area (TPSA) is 29.1 Å². The van der Waals surface area contributed by atoms with Crippen molar-refractivity contribution in [3.8, 4) is 0 Å². The molecule has 1 aromatic rings. The Labute approximate surface area is 103 Å². The van der Waals surface area contributed by atoms with Crippen molar-refractivity contribution in [3.63, 3.8) is 0 Å². The van der Waals surface area contributed by atoms with Crippen molar-refractivity contribution in [2.45, 2.75) is 39.5 Å². The number of carbonyl (C=O) groups is 1. The monoisotopic (exact) mass is 229 g/mol. The Morgan fingerprint density at radius 3 is 2.59 bits per heavy atom. The number of rotatable bonds is 2. The Kier molecular flexibility index (Phi) is 3.32. The second-order valence-electron chi connectivity index (χ2n) is 4.78. The molecule has 1 N–H and O–H groups in total. The molecule has 2 rings (SSSR count). The molecule has 1 aliphatic carbocycles. The van der Waals surface area contributed by atoms with Crippen LogP contribution in [0.3, 0.4) is 0 Å². The van der Waals surface area contributed by atoms with E-state index in [1.54, 1.807) is 6.92 Å². The molecule has 1 atom stereocenters. The van der Waals surface area contributed by atoms with Crippen LogP contribution in [-0.2, 0) is 4.79 Å². The lowest BCUT2D eigenvalue weighted by molar-refractivity contribution is -0.114. The van der Waals surface area contributed by atoms with Crippen LogP contribution in [0.5, 0.6) is 0 Å². The van der Waals surface area contributed by atoms with E-state index < -0.39 is 0 Å². The van der Waals surface area contributed by atoms with E-state index >= 15 is 0 Å². The van der Waals surface area contributed by atoms with Gasteiger partial charge in [0.15, 0.2) is 0 Å². The second kappa shape index (κ2) is 4.74. The van der Waals surface area contributed by atoms with Crippen molar-refractivity contribution in [2.24, 2.45) is 0 Å². The molecule has 0 aliphatic heterocycles. The van der Waals surface area contributed by atoms with Gasteiger partial charge in [0, 0.05) is 18.5 Å². The quantitative estimate of drug-likeness (QED) is 0.770. The number of amides is 1. The highest BCUT2D eigenvalue weighted by Crippen LogP contribution is 2.37. The van der Waals surface area contributed by atoms with Gasteiger partial charge in [-0.1, -0.05) is 24.3 Å². The van der Waals surface area contributed by atoms with Crippen LogP contribution in [0.1, 0.15) is 42.4 Å². The summed E-state index contributed by atoms with van der Waals surface area (Å²) < 4.78 is 0. The zero-order valence-corrected chi connectivity index (χ0v) is 10.7. The van der Waals surface area contributed by atoms with Crippen LogP contribution >= 0.6 is 0 Å². The minimum absolute atomic E-state index is 0.00178. The predicted molar refractivity (Wildman–Crippen MR) is 71.3 cm³/mol. The molecular weight excluding hydrogens is 210 g/mol. The fourth-order valence-electron chi connectivity index (χ4n) is 2.53. The van der Waals surface area contributed by atoms with E-state index in [1.807, 2.05) is 6.92 Å². The molecule has 1 aromatic carbocycles. The molecule has 0 heterocycles. The zero-order chi connectivity index (χ0) is 12.4. The van der Waals surface area contributed by atoms with Crippen molar-refractivity contribution < 1.29 is 4.79 Å². The van der Waals surface area contributed by atoms with Gasteiger partial charge in [-0.15, -0.1) is 0 Å². The van der Waals surface area contributed by atoms with Gasteiger partial charge in [-0.05, 0) is 43.4 Å². The molecule has 0 aromatic heterocycles. The predicted octanol–water partition coefficient (Wildman–Crippen LogP) is 3.70. The summed E-state index contributed by atoms with van der Waals surface area (Å²) >= 11 is 0. The average Bonchev–Trinajstić information content (AvgIpc) is 2.76. The molecule has 1 unspecified atom stereocenters. The lowest BCUT2D eigenvalue weighted by atomic mass is 9.90. The first-order valence-electron chi connectivity index (χ1n) is 6.14. The summed E-state index contributed by atoms with van der Waals surface area (Å²) in [6.45, 7) is 5.73. The molecule has 0 saturated carbocycles. The molecule has 1 aliphatic rings. The first kappa shape index (κ1) is 11.9. The molecule has 17 heavy (non-hydrogen) atoms. The molecule has 0 spiro atoms. The second-order valence-corrected chi connectivity index (χ2v) is 4.78. The average molecular weight is 229 g/mol. The van der Waals surface area contributed by atoms with Gasteiger partial charge in [0.05, 0.1) is 0 Å². The van der Waals surface area contributed by atoms with Crippen LogP contribution in [-0.4, -0.2) is 5.91 Å². The van der Waals surface area contributed by atoms with Crippen molar-refractivity contribution in [3.05, 3.63) is 41.0 Å². The van der Waals surface area contributed by atoms with Gasteiger partial charge in [0.1, 0.15) is 0 Å². The Hall–Kier alpha value is -1.57. The van der Waals surface area contributed by atoms with Crippen LogP contribution in [0.15, 0.2) is 24.3 Å². The molecule has 1 amide bonds. The molecule has 0 bridgehead atoms. The van der Waals surface area contributed by atoms with E-state index in [-0.39, 0.29) is 5.91 Å². The van der Waals surface area contributed by atoms with Gasteiger partial charge in [-0.25, -0.2) is 0 Å². The van der Waals surface area contributed by atoms with Gasteiger partial charge in [0.25, 0.3) is 0 Å². The minimum atomic E-state index is 0.00178. The van der Waals surface area contributed by atoms with E-state index in [0.29, 0.717) is 5.92 Å². The molecule has 0 radical (unpaired) electrons. The third-order valence-electron chi connectivity index (χ3n) is 3.36. The smallest absolute Gasteiger partial charge is 0.221 e. The Balaban J connectivity index is 2.49. The molecular formula is C15H19NO. The van der Waals surface area contributed by atoms with Crippen LogP contribution in [0.25, 0.3) is 0 Å². The van der Waals surface area contributed by atoms with E-state index in [2.05, 4.69) is 36.5 Å². The molecule has 0 fully saturated rings. The summed E-state index contributed by atoms with van der Waals surface area (Å²) in [7, 11) is 0. The number of allylic oxidation sites excluding steroid dienone is 2.